The number of hydrogen-bond donors (Lipinski definition) is 1. The summed E-state index contributed by atoms with van der Waals surface area (Å²) >= 11 is 0. The van der Waals surface area contributed by atoms with E-state index in [1.54, 1.807) is 6.08 Å². The van der Waals surface area contributed by atoms with Crippen LogP contribution in [0.15, 0.2) is 36.5 Å². The fourth-order valence-corrected chi connectivity index (χ4v) is 2.47. The van der Waals surface area contributed by atoms with Gasteiger partial charge in [0, 0.05) is 5.92 Å². The molecular formula is C15H24O. The molecule has 1 N–H and O–H groups in total. The molecule has 16 heavy (non-hydrogen) atoms. The Labute approximate surface area is 99.6 Å². The van der Waals surface area contributed by atoms with E-state index in [-0.39, 0.29) is 6.10 Å². The third kappa shape index (κ3) is 3.34. The highest BCUT2D eigenvalue weighted by Crippen LogP contribution is 2.41. The summed E-state index contributed by atoms with van der Waals surface area (Å²) in [4.78, 5) is 0. The lowest BCUT2D eigenvalue weighted by Gasteiger charge is -2.36. The van der Waals surface area contributed by atoms with Gasteiger partial charge in [-0.2, -0.15) is 0 Å². The minimum atomic E-state index is -0.386. The zero-order valence-electron chi connectivity index (χ0n) is 10.7. The van der Waals surface area contributed by atoms with Crippen LogP contribution in [-0.4, -0.2) is 11.2 Å². The molecule has 1 aliphatic rings. The molecule has 1 aliphatic carbocycles. The molecule has 2 unspecified atom stereocenters. The topological polar surface area (TPSA) is 20.2 Å². The first-order valence-electron chi connectivity index (χ1n) is 6.11. The molecule has 0 aromatic rings. The summed E-state index contributed by atoms with van der Waals surface area (Å²) in [5.74, 6) is 0.459. The van der Waals surface area contributed by atoms with Gasteiger partial charge < -0.3 is 5.11 Å². The van der Waals surface area contributed by atoms with E-state index in [0.717, 1.165) is 0 Å². The molecule has 0 bridgehead atoms. The molecule has 0 radical (unpaired) electrons. The molecule has 0 saturated carbocycles. The van der Waals surface area contributed by atoms with Crippen LogP contribution >= 0.6 is 0 Å². The Balaban J connectivity index is 2.73. The maximum absolute atomic E-state index is 9.66. The lowest BCUT2D eigenvalue weighted by Crippen LogP contribution is -2.26. The monoisotopic (exact) mass is 220 g/mol. The summed E-state index contributed by atoms with van der Waals surface area (Å²) in [6, 6.07) is 0. The highest BCUT2D eigenvalue weighted by atomic mass is 16.3. The molecule has 90 valence electrons. The van der Waals surface area contributed by atoms with Crippen molar-refractivity contribution >= 4 is 0 Å². The Morgan fingerprint density at radius 2 is 2.31 bits per heavy atom. The van der Waals surface area contributed by atoms with E-state index in [0.29, 0.717) is 17.8 Å². The van der Waals surface area contributed by atoms with E-state index >= 15 is 0 Å². The Bertz CT molecular complexity index is 297. The number of hydrogen-bond acceptors (Lipinski definition) is 1. The minimum absolute atomic E-state index is 0.309. The molecule has 1 nitrogen and oxygen atoms in total. The van der Waals surface area contributed by atoms with Crippen LogP contribution in [0.1, 0.15) is 40.0 Å². The number of rotatable bonds is 4. The van der Waals surface area contributed by atoms with Gasteiger partial charge in [-0.1, -0.05) is 43.7 Å². The molecule has 1 heteroatoms. The van der Waals surface area contributed by atoms with Crippen molar-refractivity contribution in [1.29, 1.82) is 0 Å². The largest absolute Gasteiger partial charge is 0.389 e. The molecule has 1 rings (SSSR count). The first-order chi connectivity index (χ1) is 7.47. The van der Waals surface area contributed by atoms with E-state index in [9.17, 15) is 5.11 Å². The first-order valence-corrected chi connectivity index (χ1v) is 6.11. The summed E-state index contributed by atoms with van der Waals surface area (Å²) in [6.07, 6.45) is 10.8. The third-order valence-electron chi connectivity index (χ3n) is 3.52. The summed E-state index contributed by atoms with van der Waals surface area (Å²) in [5, 5.41) is 9.66. The Morgan fingerprint density at radius 3 is 2.88 bits per heavy atom. The molecule has 0 spiro atoms. The molecule has 0 fully saturated rings. The standard InChI is InChI=1S/C15H24O/c1-5-7-13(16)9-10-14-12(2)8-6-11-15(14,3)4/h5,8-10,13-14,16H,1,6-7,11H2,2-4H3/b10-9+. The molecule has 0 aliphatic heterocycles. The summed E-state index contributed by atoms with van der Waals surface area (Å²) in [5.41, 5.74) is 1.74. The summed E-state index contributed by atoms with van der Waals surface area (Å²) in [6.45, 7) is 10.4. The predicted octanol–water partition coefficient (Wildman–Crippen LogP) is 3.86. The second-order valence-electron chi connectivity index (χ2n) is 5.43. The molecule has 0 aromatic carbocycles. The van der Waals surface area contributed by atoms with Crippen molar-refractivity contribution in [1.82, 2.24) is 0 Å². The van der Waals surface area contributed by atoms with Crippen LogP contribution in [-0.2, 0) is 0 Å². The molecule has 0 saturated heterocycles. The molecule has 2 atom stereocenters. The fraction of sp³-hybridized carbons (Fsp3) is 0.600. The quantitative estimate of drug-likeness (QED) is 0.713. The molecule has 0 aromatic heterocycles. The third-order valence-corrected chi connectivity index (χ3v) is 3.52. The maximum atomic E-state index is 9.66. The van der Waals surface area contributed by atoms with Crippen LogP contribution < -0.4 is 0 Å². The van der Waals surface area contributed by atoms with Gasteiger partial charge in [0.1, 0.15) is 0 Å². The molecule has 0 heterocycles. The van der Waals surface area contributed by atoms with Crippen molar-refractivity contribution in [3.8, 4) is 0 Å². The zero-order chi connectivity index (χ0) is 12.2. The maximum Gasteiger partial charge on any atom is 0.0755 e. The van der Waals surface area contributed by atoms with Crippen molar-refractivity contribution in [2.45, 2.75) is 46.1 Å². The Kier molecular flexibility index (Phi) is 4.55. The van der Waals surface area contributed by atoms with Gasteiger partial charge in [0.15, 0.2) is 0 Å². The van der Waals surface area contributed by atoms with Crippen LogP contribution in [0.25, 0.3) is 0 Å². The van der Waals surface area contributed by atoms with E-state index in [4.69, 9.17) is 0 Å². The second-order valence-corrected chi connectivity index (χ2v) is 5.43. The lowest BCUT2D eigenvalue weighted by atomic mass is 9.68. The molecule has 0 amide bonds. The van der Waals surface area contributed by atoms with Gasteiger partial charge in [-0.05, 0) is 31.6 Å². The number of aliphatic hydroxyl groups excluding tert-OH is 1. The van der Waals surface area contributed by atoms with Gasteiger partial charge in [0.2, 0.25) is 0 Å². The zero-order valence-corrected chi connectivity index (χ0v) is 10.7. The van der Waals surface area contributed by atoms with E-state index in [2.05, 4.69) is 39.5 Å². The van der Waals surface area contributed by atoms with Crippen LogP contribution in [0.3, 0.4) is 0 Å². The SMILES string of the molecule is C=CCC(O)/C=C/C1C(C)=CCCC1(C)C. The van der Waals surface area contributed by atoms with Gasteiger partial charge in [0.05, 0.1) is 6.10 Å². The average Bonchev–Trinajstić information content (AvgIpc) is 2.16. The predicted molar refractivity (Wildman–Crippen MR) is 70.2 cm³/mol. The highest BCUT2D eigenvalue weighted by Gasteiger charge is 2.30. The fourth-order valence-electron chi connectivity index (χ4n) is 2.47. The smallest absolute Gasteiger partial charge is 0.0755 e. The van der Waals surface area contributed by atoms with Gasteiger partial charge in [-0.15, -0.1) is 6.58 Å². The number of aliphatic hydroxyl groups is 1. The lowest BCUT2D eigenvalue weighted by molar-refractivity contribution is 0.221. The summed E-state index contributed by atoms with van der Waals surface area (Å²) in [7, 11) is 0. The van der Waals surface area contributed by atoms with Crippen molar-refractivity contribution in [3.63, 3.8) is 0 Å². The Morgan fingerprint density at radius 1 is 1.62 bits per heavy atom. The van der Waals surface area contributed by atoms with Crippen molar-refractivity contribution in [2.24, 2.45) is 11.3 Å². The number of allylic oxidation sites excluding steroid dienone is 3. The average molecular weight is 220 g/mol. The van der Waals surface area contributed by atoms with Gasteiger partial charge in [-0.3, -0.25) is 0 Å². The van der Waals surface area contributed by atoms with Crippen LogP contribution in [0.2, 0.25) is 0 Å². The normalized spacial score (nSPS) is 26.5. The van der Waals surface area contributed by atoms with Crippen LogP contribution in [0.4, 0.5) is 0 Å². The van der Waals surface area contributed by atoms with Gasteiger partial charge in [-0.25, -0.2) is 0 Å². The highest BCUT2D eigenvalue weighted by molar-refractivity contribution is 5.19. The second kappa shape index (κ2) is 5.49. The Hall–Kier alpha value is -0.820. The summed E-state index contributed by atoms with van der Waals surface area (Å²) < 4.78 is 0. The van der Waals surface area contributed by atoms with Gasteiger partial charge in [0.25, 0.3) is 0 Å². The first kappa shape index (κ1) is 13.2. The van der Waals surface area contributed by atoms with E-state index < -0.39 is 0 Å². The molecular weight excluding hydrogens is 196 g/mol. The van der Waals surface area contributed by atoms with Crippen molar-refractivity contribution in [3.05, 3.63) is 36.5 Å². The van der Waals surface area contributed by atoms with Gasteiger partial charge >= 0.3 is 0 Å². The van der Waals surface area contributed by atoms with Crippen LogP contribution in [0, 0.1) is 11.3 Å². The van der Waals surface area contributed by atoms with E-state index in [1.165, 1.54) is 18.4 Å². The van der Waals surface area contributed by atoms with Crippen LogP contribution in [0.5, 0.6) is 0 Å². The van der Waals surface area contributed by atoms with Crippen molar-refractivity contribution < 1.29 is 5.11 Å². The van der Waals surface area contributed by atoms with Crippen molar-refractivity contribution in [2.75, 3.05) is 0 Å². The van der Waals surface area contributed by atoms with E-state index in [1.807, 2.05) is 6.08 Å². The minimum Gasteiger partial charge on any atom is -0.389 e.